The van der Waals surface area contributed by atoms with Gasteiger partial charge < -0.3 is 54.9 Å². The molecule has 3 aromatic rings. The number of hydrogen-bond acceptors (Lipinski definition) is 18. The summed E-state index contributed by atoms with van der Waals surface area (Å²) in [6.45, 7) is -1.84. The van der Waals surface area contributed by atoms with Crippen molar-refractivity contribution in [2.45, 2.75) is 49.1 Å². The Kier molecular flexibility index (Phi) is 9.11. The minimum atomic E-state index is -5.44. The molecule has 6 rings (SSSR count). The molecule has 0 aromatic carbocycles. The molecule has 3 saturated heterocycles. The van der Waals surface area contributed by atoms with Gasteiger partial charge in [0.15, 0.2) is 36.2 Å². The molecule has 0 aliphatic carbocycles. The summed E-state index contributed by atoms with van der Waals surface area (Å²) in [5.74, 6) is -0.753. The molecule has 3 fully saturated rings. The molecule has 0 spiro atoms. The number of aliphatic hydroxyl groups excluding tert-OH is 2. The highest BCUT2D eigenvalue weighted by Gasteiger charge is 2.56. The largest absolute Gasteiger partial charge is 0.756 e. The SMILES string of the molecule is NC(=O)c1ccc[n+]([C@@H]2O[C@H](COP(=O)(O)OP(=O)(O)OC[C@H]3O[C@@H](n4cnc5c(N)ncnc54)[C@H]4OP(=O)([O-])OC34)C(O)[C@@H]2O)c1. The van der Waals surface area contributed by atoms with E-state index in [4.69, 9.17) is 39.0 Å². The lowest BCUT2D eigenvalue weighted by molar-refractivity contribution is -0.765. The van der Waals surface area contributed by atoms with Crippen molar-refractivity contribution in [2.75, 3.05) is 18.9 Å². The first-order valence-electron chi connectivity index (χ1n) is 13.3. The predicted molar refractivity (Wildman–Crippen MR) is 145 cm³/mol. The number of anilines is 1. The average Bonchev–Trinajstić information content (AvgIpc) is 3.72. The van der Waals surface area contributed by atoms with Gasteiger partial charge in [-0.25, -0.2) is 24.1 Å². The zero-order chi connectivity index (χ0) is 33.9. The number of nitrogen functional groups attached to an aromatic ring is 1. The molecule has 0 bridgehead atoms. The number of phosphoric acid groups is 3. The number of carbonyl (C=O) groups is 1. The van der Waals surface area contributed by atoms with E-state index in [1.165, 1.54) is 40.0 Å². The monoisotopic (exact) mass is 725 g/mol. The molecular formula is C21H26N7O16P3. The zero-order valence-electron chi connectivity index (χ0n) is 23.4. The van der Waals surface area contributed by atoms with Gasteiger partial charge in [-0.1, -0.05) is 0 Å². The van der Waals surface area contributed by atoms with Gasteiger partial charge in [0.2, 0.25) is 0 Å². The Balaban J connectivity index is 1.08. The van der Waals surface area contributed by atoms with E-state index in [1.54, 1.807) is 0 Å². The summed E-state index contributed by atoms with van der Waals surface area (Å²) in [6, 6.07) is 2.82. The highest BCUT2D eigenvalue weighted by molar-refractivity contribution is 7.61. The van der Waals surface area contributed by atoms with Crippen LogP contribution in [0.2, 0.25) is 0 Å². The molecule has 3 aromatic heterocycles. The fourth-order valence-electron chi connectivity index (χ4n) is 5.11. The summed E-state index contributed by atoms with van der Waals surface area (Å²) in [7, 11) is -15.7. The third-order valence-corrected chi connectivity index (χ3v) is 10.8. The lowest BCUT2D eigenvalue weighted by Gasteiger charge is -2.23. The van der Waals surface area contributed by atoms with E-state index in [9.17, 15) is 43.4 Å². The number of hydrogen-bond donors (Lipinski definition) is 6. The average molecular weight is 725 g/mol. The van der Waals surface area contributed by atoms with Crippen LogP contribution in [0.1, 0.15) is 22.8 Å². The number of aromatic nitrogens is 5. The molecule has 26 heteroatoms. The van der Waals surface area contributed by atoms with E-state index in [2.05, 4.69) is 19.3 Å². The Bertz CT molecular complexity index is 1830. The first-order chi connectivity index (χ1) is 22.0. The van der Waals surface area contributed by atoms with Crippen LogP contribution in [-0.2, 0) is 45.6 Å². The summed E-state index contributed by atoms with van der Waals surface area (Å²) in [5.41, 5.74) is 11.4. The van der Waals surface area contributed by atoms with Gasteiger partial charge in [-0.05, 0) is 6.07 Å². The first kappa shape index (κ1) is 34.1. The summed E-state index contributed by atoms with van der Waals surface area (Å²) in [5, 5.41) is 20.8. The van der Waals surface area contributed by atoms with Crippen LogP contribution in [0.15, 0.2) is 37.2 Å². The fraction of sp³-hybridized carbons (Fsp3) is 0.476. The molecule has 3 aliphatic rings. The van der Waals surface area contributed by atoms with Gasteiger partial charge in [0.05, 0.1) is 19.5 Å². The van der Waals surface area contributed by atoms with E-state index >= 15 is 0 Å². The quantitative estimate of drug-likeness (QED) is 0.0879. The Morgan fingerprint density at radius 2 is 1.74 bits per heavy atom. The minimum absolute atomic E-state index is 0.0224. The number of ether oxygens (including phenoxy) is 2. The minimum Gasteiger partial charge on any atom is -0.756 e. The van der Waals surface area contributed by atoms with Crippen molar-refractivity contribution < 1.29 is 79.8 Å². The van der Waals surface area contributed by atoms with Crippen molar-refractivity contribution in [1.82, 2.24) is 19.5 Å². The second-order valence-electron chi connectivity index (χ2n) is 10.3. The predicted octanol–water partition coefficient (Wildman–Crippen LogP) is -2.49. The number of fused-ring (bicyclic) bond motifs is 2. The topological polar surface area (TPSA) is 336 Å². The Labute approximate surface area is 262 Å². The van der Waals surface area contributed by atoms with Gasteiger partial charge in [0, 0.05) is 6.07 Å². The second kappa shape index (κ2) is 12.6. The van der Waals surface area contributed by atoms with Crippen LogP contribution in [-0.4, -0.2) is 95.3 Å². The van der Waals surface area contributed by atoms with Crippen LogP contribution in [0.25, 0.3) is 11.2 Å². The van der Waals surface area contributed by atoms with Crippen LogP contribution in [0.5, 0.6) is 0 Å². The van der Waals surface area contributed by atoms with Crippen LogP contribution < -0.4 is 20.9 Å². The molecule has 1 amide bonds. The number of rotatable bonds is 11. The van der Waals surface area contributed by atoms with Crippen molar-refractivity contribution in [3.8, 4) is 0 Å². The van der Waals surface area contributed by atoms with E-state index in [0.29, 0.717) is 0 Å². The Morgan fingerprint density at radius 1 is 1.06 bits per heavy atom. The number of nitrogens with zero attached hydrogens (tertiary/aromatic N) is 5. The molecule has 256 valence electrons. The maximum atomic E-state index is 12.6. The van der Waals surface area contributed by atoms with E-state index in [0.717, 1.165) is 6.33 Å². The highest BCUT2D eigenvalue weighted by Crippen LogP contribution is 2.61. The number of amides is 1. The molecular weight excluding hydrogens is 699 g/mol. The van der Waals surface area contributed by atoms with Crippen molar-refractivity contribution in [1.29, 1.82) is 0 Å². The van der Waals surface area contributed by atoms with Crippen LogP contribution in [0.4, 0.5) is 5.82 Å². The molecule has 47 heavy (non-hydrogen) atoms. The molecule has 23 nitrogen and oxygen atoms in total. The number of primary amides is 1. The number of imidazole rings is 1. The third kappa shape index (κ3) is 7.01. The van der Waals surface area contributed by atoms with Crippen LogP contribution >= 0.6 is 23.5 Å². The van der Waals surface area contributed by atoms with Crippen LogP contribution in [0.3, 0.4) is 0 Å². The summed E-state index contributed by atoms with van der Waals surface area (Å²) in [4.78, 5) is 55.8. The Morgan fingerprint density at radius 3 is 2.45 bits per heavy atom. The zero-order valence-corrected chi connectivity index (χ0v) is 26.1. The molecule has 6 heterocycles. The second-order valence-corrected chi connectivity index (χ2v) is 14.7. The Hall–Kier alpha value is -2.82. The lowest BCUT2D eigenvalue weighted by Crippen LogP contribution is -2.46. The number of pyridine rings is 1. The van der Waals surface area contributed by atoms with E-state index < -0.39 is 91.7 Å². The maximum Gasteiger partial charge on any atom is 0.481 e. The van der Waals surface area contributed by atoms with Crippen molar-refractivity contribution in [2.24, 2.45) is 5.73 Å². The molecule has 5 unspecified atom stereocenters. The van der Waals surface area contributed by atoms with Crippen LogP contribution in [0, 0.1) is 0 Å². The smallest absolute Gasteiger partial charge is 0.481 e. The fourth-order valence-corrected chi connectivity index (χ4v) is 8.32. The number of aliphatic hydroxyl groups is 2. The van der Waals surface area contributed by atoms with Gasteiger partial charge in [-0.2, -0.15) is 8.88 Å². The third-order valence-electron chi connectivity index (χ3n) is 7.20. The molecule has 0 saturated carbocycles. The van der Waals surface area contributed by atoms with Crippen molar-refractivity contribution >= 4 is 46.4 Å². The maximum absolute atomic E-state index is 12.6. The lowest BCUT2D eigenvalue weighted by atomic mass is 10.1. The summed E-state index contributed by atoms with van der Waals surface area (Å²) in [6.07, 6.45) is -6.44. The highest BCUT2D eigenvalue weighted by atomic mass is 31.3. The number of nitrogens with two attached hydrogens (primary N) is 2. The number of phosphoric ester groups is 3. The van der Waals surface area contributed by atoms with E-state index in [1.807, 2.05) is 0 Å². The molecule has 11 atom stereocenters. The standard InChI is InChI=1S/C21H26N7O16P3/c22-17-12-19(25-7-24-17)28(8-26-12)21-16-15(42-47(36,37)43-16)11(41-21)6-39-46(34,35)44-45(32,33)38-5-10-13(29)14(30)20(40-10)27-3-1-2-9(4-27)18(23)31/h1-4,7-8,10-11,13-16,20-21,29-30H,5-6H2,(H6-,22,23,24,25,31,32,33,34,35,36,37)/t10-,11-,13?,14+,15?,16+,20-,21-/m1/s1. The first-order valence-corrected chi connectivity index (χ1v) is 17.7. The number of carbonyl (C=O) groups excluding carboxylic acids is 1. The summed E-state index contributed by atoms with van der Waals surface area (Å²) < 4.78 is 74.8. The molecule has 8 N–H and O–H groups in total. The van der Waals surface area contributed by atoms with Crippen molar-refractivity contribution in [3.63, 3.8) is 0 Å². The normalized spacial score (nSPS) is 34.7. The van der Waals surface area contributed by atoms with Crippen molar-refractivity contribution in [3.05, 3.63) is 42.7 Å². The summed E-state index contributed by atoms with van der Waals surface area (Å²) >= 11 is 0. The van der Waals surface area contributed by atoms with Gasteiger partial charge >= 0.3 is 15.6 Å². The molecule has 0 radical (unpaired) electrons. The van der Waals surface area contributed by atoms with E-state index in [-0.39, 0.29) is 22.5 Å². The van der Waals surface area contributed by atoms with Gasteiger partial charge in [0.25, 0.3) is 20.0 Å². The van der Waals surface area contributed by atoms with Gasteiger partial charge in [-0.3, -0.25) is 23.0 Å². The van der Waals surface area contributed by atoms with Gasteiger partial charge in [0.1, 0.15) is 47.9 Å². The van der Waals surface area contributed by atoms with Gasteiger partial charge in [-0.15, -0.1) is 0 Å². The molecule has 3 aliphatic heterocycles.